The van der Waals surface area contributed by atoms with Crippen molar-refractivity contribution in [1.29, 1.82) is 0 Å². The van der Waals surface area contributed by atoms with Crippen molar-refractivity contribution in [2.75, 3.05) is 26.7 Å². The van der Waals surface area contributed by atoms with Crippen molar-refractivity contribution < 1.29 is 14.6 Å². The van der Waals surface area contributed by atoms with Crippen LogP contribution in [-0.2, 0) is 9.53 Å². The van der Waals surface area contributed by atoms with Gasteiger partial charge >= 0.3 is 5.97 Å². The molecule has 0 aromatic heterocycles. The topological polar surface area (TPSA) is 61.8 Å². The molecule has 1 rings (SSSR count). The first kappa shape index (κ1) is 17.4. The summed E-state index contributed by atoms with van der Waals surface area (Å²) in [5, 5.41) is 12.6. The molecule has 0 radical (unpaired) electrons. The Bertz CT molecular complexity index is 322. The van der Waals surface area contributed by atoms with E-state index in [9.17, 15) is 9.90 Å². The SMILES string of the molecule is COC1CN(CCC(C)(NC(C)C)C(=O)O)CCC1C. The molecule has 1 fully saturated rings. The van der Waals surface area contributed by atoms with Gasteiger partial charge in [-0.05, 0) is 46.1 Å². The zero-order chi connectivity index (χ0) is 15.3. The number of carbonyl (C=O) groups is 1. The largest absolute Gasteiger partial charge is 0.480 e. The highest BCUT2D eigenvalue weighted by Crippen LogP contribution is 2.21. The van der Waals surface area contributed by atoms with Crippen LogP contribution in [0, 0.1) is 5.92 Å². The maximum absolute atomic E-state index is 11.5. The van der Waals surface area contributed by atoms with Gasteiger partial charge in [0.25, 0.3) is 0 Å². The minimum Gasteiger partial charge on any atom is -0.480 e. The standard InChI is InChI=1S/C15H30N2O3/c1-11(2)16-15(4,14(18)19)7-9-17-8-6-12(3)13(10-17)20-5/h11-13,16H,6-10H2,1-5H3,(H,18,19). The molecule has 0 saturated carbocycles. The van der Waals surface area contributed by atoms with Crippen molar-refractivity contribution >= 4 is 5.97 Å². The van der Waals surface area contributed by atoms with E-state index < -0.39 is 11.5 Å². The molecule has 0 aromatic rings. The van der Waals surface area contributed by atoms with Crippen LogP contribution in [0.2, 0.25) is 0 Å². The van der Waals surface area contributed by atoms with E-state index >= 15 is 0 Å². The van der Waals surface area contributed by atoms with Crippen molar-refractivity contribution in [2.24, 2.45) is 5.92 Å². The third-order valence-corrected chi connectivity index (χ3v) is 4.28. The Morgan fingerprint density at radius 1 is 1.55 bits per heavy atom. The molecule has 118 valence electrons. The van der Waals surface area contributed by atoms with E-state index in [0.29, 0.717) is 12.3 Å². The van der Waals surface area contributed by atoms with E-state index in [-0.39, 0.29) is 12.1 Å². The summed E-state index contributed by atoms with van der Waals surface area (Å²) in [4.78, 5) is 13.8. The fourth-order valence-corrected chi connectivity index (χ4v) is 2.87. The Balaban J connectivity index is 2.53. The van der Waals surface area contributed by atoms with Gasteiger partial charge in [-0.15, -0.1) is 0 Å². The van der Waals surface area contributed by atoms with E-state index in [1.165, 1.54) is 0 Å². The average Bonchev–Trinajstić information content (AvgIpc) is 2.36. The molecule has 20 heavy (non-hydrogen) atoms. The number of piperidine rings is 1. The van der Waals surface area contributed by atoms with Crippen LogP contribution in [0.25, 0.3) is 0 Å². The number of ether oxygens (including phenoxy) is 1. The van der Waals surface area contributed by atoms with E-state index in [2.05, 4.69) is 17.1 Å². The summed E-state index contributed by atoms with van der Waals surface area (Å²) >= 11 is 0. The lowest BCUT2D eigenvalue weighted by molar-refractivity contribution is -0.145. The van der Waals surface area contributed by atoms with Crippen molar-refractivity contribution in [2.45, 2.75) is 58.2 Å². The van der Waals surface area contributed by atoms with Crippen LogP contribution in [0.1, 0.15) is 40.5 Å². The van der Waals surface area contributed by atoms with Gasteiger partial charge in [0, 0.05) is 26.2 Å². The first-order valence-electron chi connectivity index (χ1n) is 7.54. The van der Waals surface area contributed by atoms with Crippen LogP contribution in [0.15, 0.2) is 0 Å². The Kier molecular flexibility index (Phi) is 6.43. The number of methoxy groups -OCH3 is 1. The van der Waals surface area contributed by atoms with Crippen LogP contribution in [-0.4, -0.2) is 60.4 Å². The smallest absolute Gasteiger partial charge is 0.323 e. The summed E-state index contributed by atoms with van der Waals surface area (Å²) in [5.41, 5.74) is -0.861. The van der Waals surface area contributed by atoms with Gasteiger partial charge in [-0.2, -0.15) is 0 Å². The van der Waals surface area contributed by atoms with Gasteiger partial charge in [-0.1, -0.05) is 6.92 Å². The fourth-order valence-electron chi connectivity index (χ4n) is 2.87. The lowest BCUT2D eigenvalue weighted by atomic mass is 9.93. The summed E-state index contributed by atoms with van der Waals surface area (Å²) in [6.07, 6.45) is 1.98. The Labute approximate surface area is 122 Å². The maximum atomic E-state index is 11.5. The number of likely N-dealkylation sites (tertiary alicyclic amines) is 1. The minimum atomic E-state index is -0.861. The molecule has 0 spiro atoms. The molecule has 5 nitrogen and oxygen atoms in total. The van der Waals surface area contributed by atoms with E-state index in [1.807, 2.05) is 13.8 Å². The third-order valence-electron chi connectivity index (χ3n) is 4.28. The second kappa shape index (κ2) is 7.38. The molecule has 1 heterocycles. The number of carboxylic acids is 1. The Morgan fingerprint density at radius 2 is 2.20 bits per heavy atom. The molecule has 1 aliphatic rings. The van der Waals surface area contributed by atoms with Crippen LogP contribution in [0.3, 0.4) is 0 Å². The highest BCUT2D eigenvalue weighted by Gasteiger charge is 2.34. The van der Waals surface area contributed by atoms with Gasteiger partial charge in [0.05, 0.1) is 6.10 Å². The first-order valence-corrected chi connectivity index (χ1v) is 7.54. The predicted molar refractivity (Wildman–Crippen MR) is 79.9 cm³/mol. The van der Waals surface area contributed by atoms with E-state index in [1.54, 1.807) is 14.0 Å². The number of nitrogens with zero attached hydrogens (tertiary/aromatic N) is 1. The van der Waals surface area contributed by atoms with Gasteiger partial charge in [-0.3, -0.25) is 10.1 Å². The van der Waals surface area contributed by atoms with Crippen LogP contribution in [0.4, 0.5) is 0 Å². The molecular formula is C15H30N2O3. The highest BCUT2D eigenvalue weighted by molar-refractivity contribution is 5.78. The molecule has 0 bridgehead atoms. The van der Waals surface area contributed by atoms with Crippen LogP contribution < -0.4 is 5.32 Å². The summed E-state index contributed by atoms with van der Waals surface area (Å²) in [5.74, 6) is -0.198. The van der Waals surface area contributed by atoms with E-state index in [0.717, 1.165) is 26.1 Å². The van der Waals surface area contributed by atoms with Gasteiger partial charge in [0.1, 0.15) is 5.54 Å². The molecule has 2 N–H and O–H groups in total. The summed E-state index contributed by atoms with van der Waals surface area (Å²) in [6.45, 7) is 10.7. The quantitative estimate of drug-likeness (QED) is 0.744. The van der Waals surface area contributed by atoms with Gasteiger partial charge in [-0.25, -0.2) is 0 Å². The molecule has 1 saturated heterocycles. The van der Waals surface area contributed by atoms with Gasteiger partial charge in [0.15, 0.2) is 0 Å². The molecule has 0 amide bonds. The molecule has 3 atom stereocenters. The lowest BCUT2D eigenvalue weighted by Crippen LogP contribution is -2.54. The van der Waals surface area contributed by atoms with Crippen LogP contribution in [0.5, 0.6) is 0 Å². The molecule has 1 aliphatic heterocycles. The summed E-state index contributed by atoms with van der Waals surface area (Å²) < 4.78 is 5.50. The van der Waals surface area contributed by atoms with Crippen molar-refractivity contribution in [3.05, 3.63) is 0 Å². The number of carboxylic acid groups (broad SMARTS) is 1. The average molecular weight is 286 g/mol. The number of hydrogen-bond acceptors (Lipinski definition) is 4. The van der Waals surface area contributed by atoms with E-state index in [4.69, 9.17) is 4.74 Å². The highest BCUT2D eigenvalue weighted by atomic mass is 16.5. The monoisotopic (exact) mass is 286 g/mol. The number of aliphatic carboxylic acids is 1. The lowest BCUT2D eigenvalue weighted by Gasteiger charge is -2.38. The van der Waals surface area contributed by atoms with Crippen LogP contribution >= 0.6 is 0 Å². The zero-order valence-corrected chi connectivity index (χ0v) is 13.5. The Morgan fingerprint density at radius 3 is 2.70 bits per heavy atom. The maximum Gasteiger partial charge on any atom is 0.323 e. The van der Waals surface area contributed by atoms with Crippen molar-refractivity contribution in [3.8, 4) is 0 Å². The molecule has 3 unspecified atom stereocenters. The van der Waals surface area contributed by atoms with Gasteiger partial charge < -0.3 is 14.7 Å². The molecular weight excluding hydrogens is 256 g/mol. The normalized spacial score (nSPS) is 27.5. The number of hydrogen-bond donors (Lipinski definition) is 2. The zero-order valence-electron chi connectivity index (χ0n) is 13.5. The first-order chi connectivity index (χ1) is 9.28. The van der Waals surface area contributed by atoms with Crippen molar-refractivity contribution in [1.82, 2.24) is 10.2 Å². The second-order valence-corrected chi connectivity index (χ2v) is 6.53. The number of rotatable bonds is 7. The second-order valence-electron chi connectivity index (χ2n) is 6.53. The van der Waals surface area contributed by atoms with Gasteiger partial charge in [0.2, 0.25) is 0 Å². The fraction of sp³-hybridized carbons (Fsp3) is 0.933. The molecule has 5 heteroatoms. The molecule has 0 aliphatic carbocycles. The van der Waals surface area contributed by atoms with Crippen molar-refractivity contribution in [3.63, 3.8) is 0 Å². The summed E-state index contributed by atoms with van der Waals surface area (Å²) in [6, 6.07) is 0.157. The Hall–Kier alpha value is -0.650. The number of nitrogens with one attached hydrogen (secondary N) is 1. The minimum absolute atomic E-state index is 0.157. The molecule has 0 aromatic carbocycles. The predicted octanol–water partition coefficient (Wildman–Crippen LogP) is 1.57. The third kappa shape index (κ3) is 4.72. The summed E-state index contributed by atoms with van der Waals surface area (Å²) in [7, 11) is 1.76.